The third kappa shape index (κ3) is 2.32. The summed E-state index contributed by atoms with van der Waals surface area (Å²) in [6, 6.07) is 6.24. The van der Waals surface area contributed by atoms with Crippen molar-refractivity contribution in [2.75, 3.05) is 24.2 Å². The molecule has 2 nitrogen and oxygen atoms in total. The smallest absolute Gasteiger partial charge is 0.0598 e. The van der Waals surface area contributed by atoms with Gasteiger partial charge in [-0.15, -0.1) is 0 Å². The van der Waals surface area contributed by atoms with Crippen LogP contribution in [0.15, 0.2) is 18.2 Å². The fraction of sp³-hybridized carbons (Fsp3) is 0.455. The molecular formula is C11H15IN2. The van der Waals surface area contributed by atoms with Crippen LogP contribution in [-0.4, -0.2) is 13.6 Å². The average molecular weight is 302 g/mol. The van der Waals surface area contributed by atoms with Crippen LogP contribution in [0.4, 0.5) is 11.4 Å². The van der Waals surface area contributed by atoms with Crippen LogP contribution in [0.5, 0.6) is 0 Å². The maximum atomic E-state index is 5.97. The SMILES string of the molecule is CN(CC1CC1)c1ccc(I)cc1N. The van der Waals surface area contributed by atoms with Gasteiger partial charge in [-0.25, -0.2) is 0 Å². The number of nitrogens with two attached hydrogens (primary N) is 1. The summed E-state index contributed by atoms with van der Waals surface area (Å²) in [4.78, 5) is 2.27. The maximum absolute atomic E-state index is 5.97. The predicted molar refractivity (Wildman–Crippen MR) is 69.6 cm³/mol. The van der Waals surface area contributed by atoms with Crippen LogP contribution >= 0.6 is 22.6 Å². The van der Waals surface area contributed by atoms with E-state index in [2.05, 4.69) is 46.7 Å². The van der Waals surface area contributed by atoms with Gasteiger partial charge in [0.15, 0.2) is 0 Å². The van der Waals surface area contributed by atoms with Crippen molar-refractivity contribution < 1.29 is 0 Å². The van der Waals surface area contributed by atoms with Gasteiger partial charge >= 0.3 is 0 Å². The number of hydrogen-bond acceptors (Lipinski definition) is 2. The summed E-state index contributed by atoms with van der Waals surface area (Å²) in [5.74, 6) is 0.902. The molecule has 0 amide bonds. The standard InChI is InChI=1S/C11H15IN2/c1-14(7-8-2-3-8)11-5-4-9(12)6-10(11)13/h4-6,8H,2-3,7,13H2,1H3. The van der Waals surface area contributed by atoms with Crippen LogP contribution in [0, 0.1) is 9.49 Å². The fourth-order valence-corrected chi connectivity index (χ4v) is 2.17. The number of benzene rings is 1. The molecule has 2 rings (SSSR count). The van der Waals surface area contributed by atoms with Gasteiger partial charge in [0.25, 0.3) is 0 Å². The highest BCUT2D eigenvalue weighted by molar-refractivity contribution is 14.1. The van der Waals surface area contributed by atoms with E-state index in [-0.39, 0.29) is 0 Å². The Morgan fingerprint density at radius 3 is 2.79 bits per heavy atom. The van der Waals surface area contributed by atoms with Crippen molar-refractivity contribution in [2.24, 2.45) is 5.92 Å². The minimum Gasteiger partial charge on any atom is -0.397 e. The molecule has 1 aliphatic carbocycles. The van der Waals surface area contributed by atoms with Crippen LogP contribution in [0.3, 0.4) is 0 Å². The van der Waals surface area contributed by atoms with E-state index in [0.717, 1.165) is 23.8 Å². The van der Waals surface area contributed by atoms with E-state index in [1.807, 2.05) is 6.07 Å². The van der Waals surface area contributed by atoms with Crippen LogP contribution in [0.1, 0.15) is 12.8 Å². The Hall–Kier alpha value is -0.450. The third-order valence-corrected chi connectivity index (χ3v) is 3.30. The second kappa shape index (κ2) is 3.96. The molecule has 0 saturated heterocycles. The molecule has 76 valence electrons. The van der Waals surface area contributed by atoms with Gasteiger partial charge in [0.05, 0.1) is 11.4 Å². The number of nitrogens with zero attached hydrogens (tertiary/aromatic N) is 1. The van der Waals surface area contributed by atoms with Gasteiger partial charge in [-0.2, -0.15) is 0 Å². The van der Waals surface area contributed by atoms with Gasteiger partial charge in [0.1, 0.15) is 0 Å². The zero-order valence-electron chi connectivity index (χ0n) is 8.33. The van der Waals surface area contributed by atoms with E-state index in [4.69, 9.17) is 5.73 Å². The molecule has 3 heteroatoms. The summed E-state index contributed by atoms with van der Waals surface area (Å²) in [5, 5.41) is 0. The Labute approximate surface area is 98.6 Å². The lowest BCUT2D eigenvalue weighted by Gasteiger charge is -2.20. The molecule has 1 aliphatic rings. The maximum Gasteiger partial charge on any atom is 0.0598 e. The fourth-order valence-electron chi connectivity index (χ4n) is 1.66. The zero-order chi connectivity index (χ0) is 10.1. The van der Waals surface area contributed by atoms with Gasteiger partial charge < -0.3 is 10.6 Å². The number of halogens is 1. The first-order chi connectivity index (χ1) is 6.66. The van der Waals surface area contributed by atoms with Crippen molar-refractivity contribution in [3.05, 3.63) is 21.8 Å². The molecule has 0 spiro atoms. The quantitative estimate of drug-likeness (QED) is 0.687. The Bertz CT molecular complexity index is 334. The first kappa shape index (κ1) is 10.1. The average Bonchev–Trinajstić information content (AvgIpc) is 2.87. The number of hydrogen-bond donors (Lipinski definition) is 1. The lowest BCUT2D eigenvalue weighted by molar-refractivity contribution is 0.788. The van der Waals surface area contributed by atoms with Crippen molar-refractivity contribution in [1.29, 1.82) is 0 Å². The van der Waals surface area contributed by atoms with E-state index >= 15 is 0 Å². The van der Waals surface area contributed by atoms with Crippen molar-refractivity contribution in [1.82, 2.24) is 0 Å². The molecule has 1 fully saturated rings. The second-order valence-electron chi connectivity index (χ2n) is 4.03. The first-order valence-corrected chi connectivity index (χ1v) is 6.01. The minimum atomic E-state index is 0.889. The molecule has 1 saturated carbocycles. The first-order valence-electron chi connectivity index (χ1n) is 4.93. The van der Waals surface area contributed by atoms with Crippen molar-refractivity contribution >= 4 is 34.0 Å². The molecule has 14 heavy (non-hydrogen) atoms. The van der Waals surface area contributed by atoms with E-state index in [9.17, 15) is 0 Å². The van der Waals surface area contributed by atoms with Gasteiger partial charge in [0.2, 0.25) is 0 Å². The summed E-state index contributed by atoms with van der Waals surface area (Å²) >= 11 is 2.28. The summed E-state index contributed by atoms with van der Waals surface area (Å²) in [5.41, 5.74) is 8.03. The normalized spacial score (nSPS) is 15.6. The molecule has 0 bridgehead atoms. The molecule has 0 atom stereocenters. The Morgan fingerprint density at radius 2 is 2.21 bits per heavy atom. The zero-order valence-corrected chi connectivity index (χ0v) is 10.5. The Morgan fingerprint density at radius 1 is 1.50 bits per heavy atom. The number of anilines is 2. The molecular weight excluding hydrogens is 287 g/mol. The van der Waals surface area contributed by atoms with Crippen molar-refractivity contribution in [3.8, 4) is 0 Å². The number of rotatable bonds is 3. The molecule has 1 aromatic rings. The van der Waals surface area contributed by atoms with Gasteiger partial charge in [-0.1, -0.05) is 0 Å². The molecule has 0 radical (unpaired) electrons. The predicted octanol–water partition coefficient (Wildman–Crippen LogP) is 2.72. The Kier molecular flexibility index (Phi) is 2.85. The van der Waals surface area contributed by atoms with E-state index in [0.29, 0.717) is 0 Å². The Balaban J connectivity index is 2.13. The molecule has 2 N–H and O–H groups in total. The summed E-state index contributed by atoms with van der Waals surface area (Å²) in [6.45, 7) is 1.14. The summed E-state index contributed by atoms with van der Waals surface area (Å²) in [7, 11) is 2.12. The van der Waals surface area contributed by atoms with Crippen molar-refractivity contribution in [3.63, 3.8) is 0 Å². The van der Waals surface area contributed by atoms with E-state index in [1.54, 1.807) is 0 Å². The summed E-state index contributed by atoms with van der Waals surface area (Å²) < 4.78 is 1.20. The van der Waals surface area contributed by atoms with Crippen molar-refractivity contribution in [2.45, 2.75) is 12.8 Å². The number of nitrogen functional groups attached to an aromatic ring is 1. The molecule has 0 aliphatic heterocycles. The molecule has 0 unspecified atom stereocenters. The monoisotopic (exact) mass is 302 g/mol. The lowest BCUT2D eigenvalue weighted by Crippen LogP contribution is -2.21. The van der Waals surface area contributed by atoms with Crippen LogP contribution in [0.25, 0.3) is 0 Å². The summed E-state index contributed by atoms with van der Waals surface area (Å²) in [6.07, 6.45) is 2.77. The largest absolute Gasteiger partial charge is 0.397 e. The highest BCUT2D eigenvalue weighted by Gasteiger charge is 2.23. The molecule has 0 aromatic heterocycles. The van der Waals surface area contributed by atoms with Crippen LogP contribution in [-0.2, 0) is 0 Å². The van der Waals surface area contributed by atoms with E-state index in [1.165, 1.54) is 16.4 Å². The van der Waals surface area contributed by atoms with Gasteiger partial charge in [-0.05, 0) is 59.5 Å². The van der Waals surface area contributed by atoms with Crippen LogP contribution in [0.2, 0.25) is 0 Å². The molecule has 1 aromatic carbocycles. The molecule has 0 heterocycles. The second-order valence-corrected chi connectivity index (χ2v) is 5.27. The minimum absolute atomic E-state index is 0.889. The highest BCUT2D eigenvalue weighted by atomic mass is 127. The van der Waals surface area contributed by atoms with E-state index < -0.39 is 0 Å². The lowest BCUT2D eigenvalue weighted by atomic mass is 10.2. The van der Waals surface area contributed by atoms with Crippen LogP contribution < -0.4 is 10.6 Å². The topological polar surface area (TPSA) is 29.3 Å². The van der Waals surface area contributed by atoms with Gasteiger partial charge in [-0.3, -0.25) is 0 Å². The highest BCUT2D eigenvalue weighted by Crippen LogP contribution is 2.32. The van der Waals surface area contributed by atoms with Gasteiger partial charge in [0, 0.05) is 17.2 Å². The third-order valence-electron chi connectivity index (χ3n) is 2.63.